The number of thioether (sulfide) groups is 2. The lowest BCUT2D eigenvalue weighted by molar-refractivity contribution is -0.113. The Labute approximate surface area is 109 Å². The van der Waals surface area contributed by atoms with Crippen molar-refractivity contribution in [2.24, 2.45) is 4.99 Å². The Morgan fingerprint density at radius 2 is 2.06 bits per heavy atom. The van der Waals surface area contributed by atoms with E-state index in [2.05, 4.69) is 4.99 Å². The van der Waals surface area contributed by atoms with Crippen LogP contribution in [0.15, 0.2) is 52.4 Å². The van der Waals surface area contributed by atoms with E-state index < -0.39 is 0 Å². The summed E-state index contributed by atoms with van der Waals surface area (Å²) in [5.41, 5.74) is 1.12. The van der Waals surface area contributed by atoms with Crippen molar-refractivity contribution in [1.29, 1.82) is 0 Å². The van der Waals surface area contributed by atoms with Gasteiger partial charge < -0.3 is 0 Å². The summed E-state index contributed by atoms with van der Waals surface area (Å²) >= 11 is 2.92. The number of rotatable bonds is 2. The number of allylic oxidation sites excluding steroid dienone is 2. The molecule has 17 heavy (non-hydrogen) atoms. The molecular weight excluding hydrogens is 250 g/mol. The zero-order valence-electron chi connectivity index (χ0n) is 9.29. The second-order valence-electron chi connectivity index (χ2n) is 3.29. The maximum atomic E-state index is 11.5. The Hall–Kier alpha value is -1.26. The SMILES string of the molecule is CSC1=NC(=O)/C(=C/C=C/c2ccccc2)S1. The number of aliphatic imine (C=N–C) groups is 1. The Bertz CT molecular complexity index is 503. The van der Waals surface area contributed by atoms with Gasteiger partial charge in [0.1, 0.15) is 4.38 Å². The van der Waals surface area contributed by atoms with Crippen molar-refractivity contribution in [1.82, 2.24) is 0 Å². The highest BCUT2D eigenvalue weighted by Gasteiger charge is 2.19. The first-order valence-corrected chi connectivity index (χ1v) is 7.12. The topological polar surface area (TPSA) is 29.4 Å². The van der Waals surface area contributed by atoms with Crippen LogP contribution < -0.4 is 0 Å². The van der Waals surface area contributed by atoms with Gasteiger partial charge in [-0.05, 0) is 17.9 Å². The molecule has 2 nitrogen and oxygen atoms in total. The summed E-state index contributed by atoms with van der Waals surface area (Å²) in [7, 11) is 0. The molecule has 0 saturated carbocycles. The number of amides is 1. The van der Waals surface area contributed by atoms with Crippen LogP contribution in [0.2, 0.25) is 0 Å². The Kier molecular flexibility index (Phi) is 4.23. The van der Waals surface area contributed by atoms with Crippen molar-refractivity contribution in [3.63, 3.8) is 0 Å². The lowest BCUT2D eigenvalue weighted by Gasteiger charge is -1.91. The van der Waals surface area contributed by atoms with Gasteiger partial charge in [0, 0.05) is 0 Å². The molecule has 0 N–H and O–H groups in total. The van der Waals surface area contributed by atoms with E-state index in [4.69, 9.17) is 0 Å². The molecule has 2 rings (SSSR count). The first kappa shape index (κ1) is 12.2. The molecule has 0 radical (unpaired) electrons. The van der Waals surface area contributed by atoms with Crippen LogP contribution in [0.4, 0.5) is 0 Å². The van der Waals surface area contributed by atoms with Crippen LogP contribution in [0.3, 0.4) is 0 Å². The summed E-state index contributed by atoms with van der Waals surface area (Å²) in [6, 6.07) is 9.98. The summed E-state index contributed by atoms with van der Waals surface area (Å²) in [5, 5.41) is 0. The number of hydrogen-bond acceptors (Lipinski definition) is 3. The lowest BCUT2D eigenvalue weighted by atomic mass is 10.2. The molecule has 4 heteroatoms. The largest absolute Gasteiger partial charge is 0.285 e. The van der Waals surface area contributed by atoms with E-state index in [-0.39, 0.29) is 5.91 Å². The van der Waals surface area contributed by atoms with Crippen LogP contribution >= 0.6 is 23.5 Å². The van der Waals surface area contributed by atoms with Gasteiger partial charge in [0.15, 0.2) is 0 Å². The molecule has 0 aliphatic carbocycles. The first-order valence-electron chi connectivity index (χ1n) is 5.08. The van der Waals surface area contributed by atoms with Crippen LogP contribution in [-0.2, 0) is 4.79 Å². The van der Waals surface area contributed by atoms with E-state index in [9.17, 15) is 4.79 Å². The molecule has 1 heterocycles. The molecule has 0 fully saturated rings. The fraction of sp³-hybridized carbons (Fsp3) is 0.0769. The third kappa shape index (κ3) is 3.35. The van der Waals surface area contributed by atoms with E-state index in [1.165, 1.54) is 23.5 Å². The summed E-state index contributed by atoms with van der Waals surface area (Å²) in [6.07, 6.45) is 7.58. The quantitative estimate of drug-likeness (QED) is 0.762. The van der Waals surface area contributed by atoms with Gasteiger partial charge in [0.25, 0.3) is 5.91 Å². The summed E-state index contributed by atoms with van der Waals surface area (Å²) in [4.78, 5) is 16.1. The highest BCUT2D eigenvalue weighted by molar-refractivity contribution is 8.40. The molecule has 1 aliphatic heterocycles. The van der Waals surface area contributed by atoms with Gasteiger partial charge in [-0.3, -0.25) is 4.79 Å². The van der Waals surface area contributed by atoms with Crippen LogP contribution in [0, 0.1) is 0 Å². The number of hydrogen-bond donors (Lipinski definition) is 0. The fourth-order valence-electron chi connectivity index (χ4n) is 1.30. The molecule has 0 atom stereocenters. The second-order valence-corrected chi connectivity index (χ2v) is 5.37. The van der Waals surface area contributed by atoms with Crippen molar-refractivity contribution >= 4 is 39.9 Å². The van der Waals surface area contributed by atoms with Crippen LogP contribution in [0.1, 0.15) is 5.56 Å². The van der Waals surface area contributed by atoms with Gasteiger partial charge in [-0.1, -0.05) is 54.2 Å². The van der Waals surface area contributed by atoms with Gasteiger partial charge in [-0.15, -0.1) is 11.8 Å². The normalized spacial score (nSPS) is 18.1. The maximum absolute atomic E-state index is 11.5. The predicted octanol–water partition coefficient (Wildman–Crippen LogP) is 3.58. The number of carbonyl (C=O) groups is 1. The average molecular weight is 261 g/mol. The zero-order valence-corrected chi connectivity index (χ0v) is 10.9. The molecule has 1 aliphatic rings. The molecule has 1 amide bonds. The van der Waals surface area contributed by atoms with Gasteiger partial charge >= 0.3 is 0 Å². The average Bonchev–Trinajstić information content (AvgIpc) is 2.72. The van der Waals surface area contributed by atoms with Crippen molar-refractivity contribution in [3.05, 3.63) is 53.0 Å². The Morgan fingerprint density at radius 3 is 2.71 bits per heavy atom. The first-order chi connectivity index (χ1) is 8.29. The van der Waals surface area contributed by atoms with Gasteiger partial charge in [0.05, 0.1) is 4.91 Å². The summed E-state index contributed by atoms with van der Waals surface area (Å²) < 4.78 is 0.814. The minimum atomic E-state index is -0.142. The van der Waals surface area contributed by atoms with Crippen molar-refractivity contribution in [3.8, 4) is 0 Å². The van der Waals surface area contributed by atoms with Crippen LogP contribution in [0.25, 0.3) is 6.08 Å². The van der Waals surface area contributed by atoms with Crippen molar-refractivity contribution < 1.29 is 4.79 Å². The fourth-order valence-corrected chi connectivity index (χ4v) is 2.68. The minimum absolute atomic E-state index is 0.142. The molecule has 0 aromatic heterocycles. The van der Waals surface area contributed by atoms with E-state index in [0.717, 1.165) is 9.94 Å². The number of nitrogens with zero attached hydrogens (tertiary/aromatic N) is 1. The molecule has 0 bridgehead atoms. The molecule has 0 spiro atoms. The van der Waals surface area contributed by atoms with E-state index in [0.29, 0.717) is 4.91 Å². The van der Waals surface area contributed by atoms with Gasteiger partial charge in [0.2, 0.25) is 0 Å². The van der Waals surface area contributed by atoms with Crippen LogP contribution in [0.5, 0.6) is 0 Å². The maximum Gasteiger partial charge on any atom is 0.285 e. The molecule has 1 aromatic carbocycles. The molecule has 0 unspecified atom stereocenters. The minimum Gasteiger partial charge on any atom is -0.266 e. The van der Waals surface area contributed by atoms with E-state index in [1.807, 2.05) is 54.8 Å². The Morgan fingerprint density at radius 1 is 1.29 bits per heavy atom. The highest BCUT2D eigenvalue weighted by Crippen LogP contribution is 2.31. The van der Waals surface area contributed by atoms with Crippen molar-refractivity contribution in [2.75, 3.05) is 6.26 Å². The number of carbonyl (C=O) groups excluding carboxylic acids is 1. The third-order valence-corrected chi connectivity index (χ3v) is 4.10. The summed E-state index contributed by atoms with van der Waals surface area (Å²) in [5.74, 6) is -0.142. The van der Waals surface area contributed by atoms with Gasteiger partial charge in [-0.2, -0.15) is 4.99 Å². The second kappa shape index (κ2) is 5.89. The third-order valence-electron chi connectivity index (χ3n) is 2.11. The smallest absolute Gasteiger partial charge is 0.266 e. The van der Waals surface area contributed by atoms with E-state index in [1.54, 1.807) is 0 Å². The highest BCUT2D eigenvalue weighted by atomic mass is 32.2. The number of benzene rings is 1. The van der Waals surface area contributed by atoms with Gasteiger partial charge in [-0.25, -0.2) is 0 Å². The molecule has 0 saturated heterocycles. The predicted molar refractivity (Wildman–Crippen MR) is 77.1 cm³/mol. The monoisotopic (exact) mass is 261 g/mol. The molecular formula is C13H11NOS2. The molecule has 86 valence electrons. The standard InChI is InChI=1S/C13H11NOS2/c1-16-13-14-12(15)11(17-13)9-5-8-10-6-3-2-4-7-10/h2-9H,1H3/b8-5+,11-9-. The molecule has 1 aromatic rings. The Balaban J connectivity index is 2.04. The zero-order chi connectivity index (χ0) is 12.1. The van der Waals surface area contributed by atoms with Crippen molar-refractivity contribution in [2.45, 2.75) is 0 Å². The lowest BCUT2D eigenvalue weighted by Crippen LogP contribution is -1.86. The van der Waals surface area contributed by atoms with E-state index >= 15 is 0 Å². The van der Waals surface area contributed by atoms with Crippen LogP contribution in [-0.4, -0.2) is 16.5 Å². The summed E-state index contributed by atoms with van der Waals surface area (Å²) in [6.45, 7) is 0.